The van der Waals surface area contributed by atoms with E-state index < -0.39 is 14.0 Å². The van der Waals surface area contributed by atoms with Crippen molar-refractivity contribution in [3.05, 3.63) is 11.6 Å². The van der Waals surface area contributed by atoms with Gasteiger partial charge in [-0.2, -0.15) is 0 Å². The van der Waals surface area contributed by atoms with Crippen LogP contribution in [0.15, 0.2) is 11.6 Å². The van der Waals surface area contributed by atoms with Crippen LogP contribution in [0.25, 0.3) is 0 Å². The fraction of sp³-hybridized carbons (Fsp3) is 0.778. The number of carbonyl (C=O) groups is 2. The lowest BCUT2D eigenvalue weighted by molar-refractivity contribution is -0.138. The van der Waals surface area contributed by atoms with E-state index in [0.29, 0.717) is 6.61 Å². The number of hydrogen-bond donors (Lipinski definition) is 1. The lowest BCUT2D eigenvalue weighted by Gasteiger charge is -2.17. The Hall–Kier alpha value is -1.10. The molecule has 0 aliphatic carbocycles. The minimum Gasteiger partial charge on any atom is -0.481 e. The van der Waals surface area contributed by atoms with Crippen molar-refractivity contribution in [2.24, 2.45) is 0 Å². The molecule has 1 N–H and O–H groups in total. The second kappa shape index (κ2) is 12.3. The number of carboxylic acid groups (broad SMARTS) is 1. The van der Waals surface area contributed by atoms with Crippen LogP contribution >= 0.6 is 0 Å². The zero-order valence-electron chi connectivity index (χ0n) is 15.3. The summed E-state index contributed by atoms with van der Waals surface area (Å²) in [5, 5.41) is 8.56. The number of rotatable bonds is 13. The third-order valence-electron chi connectivity index (χ3n) is 3.49. The summed E-state index contributed by atoms with van der Waals surface area (Å²) in [4.78, 5) is 22.4. The van der Waals surface area contributed by atoms with Gasteiger partial charge < -0.3 is 9.84 Å². The highest BCUT2D eigenvalue weighted by molar-refractivity contribution is 6.77. The molecule has 23 heavy (non-hydrogen) atoms. The van der Waals surface area contributed by atoms with E-state index in [1.165, 1.54) is 0 Å². The minimum absolute atomic E-state index is 0.149. The van der Waals surface area contributed by atoms with Crippen LogP contribution in [0.5, 0.6) is 0 Å². The molecule has 0 rings (SSSR count). The predicted molar refractivity (Wildman–Crippen MR) is 97.4 cm³/mol. The second-order valence-electron chi connectivity index (χ2n) is 7.24. The zero-order valence-corrected chi connectivity index (χ0v) is 16.3. The molecule has 0 aromatic heterocycles. The van der Waals surface area contributed by atoms with Crippen LogP contribution in [-0.4, -0.2) is 31.7 Å². The molecule has 0 bridgehead atoms. The Labute approximate surface area is 142 Å². The lowest BCUT2D eigenvalue weighted by Crippen LogP contribution is -2.23. The second-order valence-corrected chi connectivity index (χ2v) is 12.7. The van der Waals surface area contributed by atoms with Gasteiger partial charge in [0.25, 0.3) is 0 Å². The Bertz CT molecular complexity index is 383. The molecule has 0 saturated heterocycles. The van der Waals surface area contributed by atoms with Crippen molar-refractivity contribution in [3.63, 3.8) is 0 Å². The van der Waals surface area contributed by atoms with Crippen molar-refractivity contribution in [3.8, 4) is 0 Å². The summed E-state index contributed by atoms with van der Waals surface area (Å²) in [6.07, 6.45) is 9.48. The summed E-state index contributed by atoms with van der Waals surface area (Å²) >= 11 is 0. The number of esters is 1. The van der Waals surface area contributed by atoms with Crippen LogP contribution in [0, 0.1) is 0 Å². The highest BCUT2D eigenvalue weighted by Gasteiger charge is 2.20. The van der Waals surface area contributed by atoms with Gasteiger partial charge in [-0.05, 0) is 32.2 Å². The Morgan fingerprint density at radius 1 is 1.00 bits per heavy atom. The number of allylic oxidation sites excluding steroid dienone is 1. The molecule has 134 valence electrons. The first kappa shape index (κ1) is 21.9. The van der Waals surface area contributed by atoms with Crippen LogP contribution in [0.3, 0.4) is 0 Å². The van der Waals surface area contributed by atoms with E-state index in [4.69, 9.17) is 9.84 Å². The fourth-order valence-electron chi connectivity index (χ4n) is 2.43. The molecule has 0 heterocycles. The van der Waals surface area contributed by atoms with Gasteiger partial charge in [0.1, 0.15) is 0 Å². The van der Waals surface area contributed by atoms with E-state index in [1.807, 2.05) is 6.92 Å². The first-order valence-corrected chi connectivity index (χ1v) is 12.5. The predicted octanol–water partition coefficient (Wildman–Crippen LogP) is 5.02. The summed E-state index contributed by atoms with van der Waals surface area (Å²) in [6, 6.07) is 0.876. The van der Waals surface area contributed by atoms with Crippen LogP contribution in [-0.2, 0) is 14.3 Å². The molecular weight excluding hydrogens is 308 g/mol. The third kappa shape index (κ3) is 14.2. The number of carboxylic acids is 1. The Morgan fingerprint density at radius 3 is 2.09 bits per heavy atom. The first-order chi connectivity index (χ1) is 10.8. The Balaban J connectivity index is 4.01. The molecule has 0 spiro atoms. The largest absolute Gasteiger partial charge is 0.481 e. The standard InChI is InChI=1S/C18H34O4Si/c1-5-22-18(21)16(15-23(2,3)4)13-11-9-7-6-8-10-12-14-17(19)20/h13H,5-12,14-15H2,1-4H3,(H,19,20)/b16-13+. The maximum Gasteiger partial charge on any atom is 0.333 e. The average molecular weight is 343 g/mol. The van der Waals surface area contributed by atoms with Gasteiger partial charge in [0.2, 0.25) is 0 Å². The first-order valence-electron chi connectivity index (χ1n) is 8.84. The van der Waals surface area contributed by atoms with E-state index >= 15 is 0 Å². The van der Waals surface area contributed by atoms with Crippen LogP contribution in [0.2, 0.25) is 25.7 Å². The SMILES string of the molecule is CCOC(=O)/C(=C/CCCCCCCCC(=O)O)C[Si](C)(C)C. The highest BCUT2D eigenvalue weighted by atomic mass is 28.3. The van der Waals surface area contributed by atoms with Crippen molar-refractivity contribution in [2.45, 2.75) is 84.0 Å². The van der Waals surface area contributed by atoms with Gasteiger partial charge in [-0.15, -0.1) is 0 Å². The van der Waals surface area contributed by atoms with Crippen LogP contribution in [0.1, 0.15) is 58.3 Å². The van der Waals surface area contributed by atoms with E-state index in [2.05, 4.69) is 25.7 Å². The van der Waals surface area contributed by atoms with E-state index in [1.54, 1.807) is 0 Å². The summed E-state index contributed by atoms with van der Waals surface area (Å²) in [6.45, 7) is 9.05. The number of aliphatic carboxylic acids is 1. The maximum atomic E-state index is 12.0. The molecule has 5 heteroatoms. The molecule has 0 aliphatic heterocycles. The average Bonchev–Trinajstić information content (AvgIpc) is 2.42. The molecule has 0 atom stereocenters. The Morgan fingerprint density at radius 2 is 1.57 bits per heavy atom. The highest BCUT2D eigenvalue weighted by Crippen LogP contribution is 2.19. The van der Waals surface area contributed by atoms with Gasteiger partial charge in [-0.3, -0.25) is 4.79 Å². The van der Waals surface area contributed by atoms with Crippen molar-refractivity contribution in [1.29, 1.82) is 0 Å². The van der Waals surface area contributed by atoms with Gasteiger partial charge in [-0.1, -0.05) is 51.4 Å². The molecular formula is C18H34O4Si. The maximum absolute atomic E-state index is 12.0. The molecule has 0 unspecified atom stereocenters. The van der Waals surface area contributed by atoms with Crippen LogP contribution < -0.4 is 0 Å². The van der Waals surface area contributed by atoms with Gasteiger partial charge in [-0.25, -0.2) is 4.79 Å². The van der Waals surface area contributed by atoms with Crippen molar-refractivity contribution in [1.82, 2.24) is 0 Å². The fourth-order valence-corrected chi connectivity index (χ4v) is 3.86. The van der Waals surface area contributed by atoms with E-state index in [9.17, 15) is 9.59 Å². The van der Waals surface area contributed by atoms with E-state index in [0.717, 1.165) is 56.6 Å². The third-order valence-corrected chi connectivity index (χ3v) is 4.94. The molecule has 4 nitrogen and oxygen atoms in total. The van der Waals surface area contributed by atoms with Gasteiger partial charge >= 0.3 is 11.9 Å². The number of ether oxygens (including phenoxy) is 1. The van der Waals surface area contributed by atoms with Gasteiger partial charge in [0.05, 0.1) is 6.61 Å². The summed E-state index contributed by atoms with van der Waals surface area (Å²) in [5.41, 5.74) is 0.854. The lowest BCUT2D eigenvalue weighted by atomic mass is 10.1. The zero-order chi connectivity index (χ0) is 17.7. The molecule has 0 radical (unpaired) electrons. The topological polar surface area (TPSA) is 63.6 Å². The quantitative estimate of drug-likeness (QED) is 0.221. The van der Waals surface area contributed by atoms with E-state index in [-0.39, 0.29) is 12.4 Å². The number of carbonyl (C=O) groups excluding carboxylic acids is 1. The normalized spacial score (nSPS) is 12.3. The summed E-state index contributed by atoms with van der Waals surface area (Å²) < 4.78 is 5.16. The summed E-state index contributed by atoms with van der Waals surface area (Å²) in [5.74, 6) is -0.854. The van der Waals surface area contributed by atoms with Crippen molar-refractivity contribution in [2.75, 3.05) is 6.61 Å². The monoisotopic (exact) mass is 342 g/mol. The molecule has 0 aromatic rings. The molecule has 0 aliphatic rings. The summed E-state index contributed by atoms with van der Waals surface area (Å²) in [7, 11) is -1.33. The van der Waals surface area contributed by atoms with Gasteiger partial charge in [0.15, 0.2) is 0 Å². The number of hydrogen-bond acceptors (Lipinski definition) is 3. The van der Waals surface area contributed by atoms with Crippen LogP contribution in [0.4, 0.5) is 0 Å². The molecule has 0 amide bonds. The van der Waals surface area contributed by atoms with Gasteiger partial charge in [0, 0.05) is 20.1 Å². The smallest absolute Gasteiger partial charge is 0.333 e. The van der Waals surface area contributed by atoms with Crippen molar-refractivity contribution >= 4 is 20.0 Å². The molecule has 0 saturated carbocycles. The molecule has 0 fully saturated rings. The van der Waals surface area contributed by atoms with Crippen molar-refractivity contribution < 1.29 is 19.4 Å². The Kier molecular flexibility index (Phi) is 11.7. The molecule has 0 aromatic carbocycles. The number of unbranched alkanes of at least 4 members (excludes halogenated alkanes) is 6. The minimum atomic E-state index is -1.33.